The van der Waals surface area contributed by atoms with Crippen molar-refractivity contribution in [3.05, 3.63) is 76.5 Å². The number of rotatable bonds is 5. The molecule has 0 aliphatic carbocycles. The first-order valence-corrected chi connectivity index (χ1v) is 12.2. The molecule has 4 aromatic rings. The molecule has 1 aromatic heterocycles. The molecule has 6 heteroatoms. The number of benzene rings is 3. The van der Waals surface area contributed by atoms with E-state index in [1.54, 1.807) is 13.8 Å². The van der Waals surface area contributed by atoms with Crippen molar-refractivity contribution in [2.24, 2.45) is 0 Å². The first-order valence-electron chi connectivity index (χ1n) is 12.2. The minimum atomic E-state index is -0.430. The van der Waals surface area contributed by atoms with Crippen LogP contribution in [0.4, 0.5) is 0 Å². The Kier molecular flexibility index (Phi) is 6.26. The zero-order chi connectivity index (χ0) is 24.7. The predicted molar refractivity (Wildman–Crippen MR) is 138 cm³/mol. The third-order valence-electron chi connectivity index (χ3n) is 7.08. The number of aromatic hydroxyl groups is 1. The fourth-order valence-corrected chi connectivity index (χ4v) is 5.25. The van der Waals surface area contributed by atoms with Crippen LogP contribution >= 0.6 is 0 Å². The number of ether oxygens (including phenoxy) is 1. The summed E-state index contributed by atoms with van der Waals surface area (Å²) in [6, 6.07) is 15.9. The molecule has 1 N–H and O–H groups in total. The quantitative estimate of drug-likeness (QED) is 0.391. The normalized spacial score (nSPS) is 16.1. The molecule has 6 nitrogen and oxygen atoms in total. The Bertz CT molecular complexity index is 1380. The first-order chi connectivity index (χ1) is 16.9. The summed E-state index contributed by atoms with van der Waals surface area (Å²) in [4.78, 5) is 17.9. The summed E-state index contributed by atoms with van der Waals surface area (Å²) < 4.78 is 11.7. The highest BCUT2D eigenvalue weighted by atomic mass is 16.5. The number of hydrogen-bond acceptors (Lipinski definition) is 6. The van der Waals surface area contributed by atoms with Crippen molar-refractivity contribution in [1.82, 2.24) is 9.80 Å². The molecule has 1 saturated heterocycles. The van der Waals surface area contributed by atoms with Gasteiger partial charge in [0.25, 0.3) is 0 Å². The number of phenolic OH excluding ortho intramolecular Hbond substituents is 1. The maximum Gasteiger partial charge on any atom is 0.342 e. The number of aryl methyl sites for hydroxylation is 2. The van der Waals surface area contributed by atoms with Crippen LogP contribution in [-0.4, -0.2) is 60.7 Å². The van der Waals surface area contributed by atoms with Gasteiger partial charge >= 0.3 is 5.97 Å². The number of esters is 1. The van der Waals surface area contributed by atoms with Crippen LogP contribution < -0.4 is 0 Å². The number of fused-ring (bicyclic) bond motifs is 3. The number of furan rings is 1. The van der Waals surface area contributed by atoms with Gasteiger partial charge in [-0.25, -0.2) is 4.79 Å². The van der Waals surface area contributed by atoms with Gasteiger partial charge in [-0.3, -0.25) is 4.90 Å². The lowest BCUT2D eigenvalue weighted by atomic mass is 9.88. The largest absolute Gasteiger partial charge is 0.507 e. The van der Waals surface area contributed by atoms with Crippen molar-refractivity contribution in [3.8, 4) is 5.75 Å². The van der Waals surface area contributed by atoms with Gasteiger partial charge in [0, 0.05) is 47.9 Å². The lowest BCUT2D eigenvalue weighted by molar-refractivity contribution is 0.0526. The molecule has 0 radical (unpaired) electrons. The number of likely N-dealkylation sites (N-methyl/N-ethyl adjacent to an activating group) is 1. The predicted octanol–water partition coefficient (Wildman–Crippen LogP) is 5.42. The zero-order valence-electron chi connectivity index (χ0n) is 20.8. The SMILES string of the molecule is CCOC(=O)c1c(C)oc2c1c(C(c1ccc(C)cc1)N1CCN(C)CC1)c(O)c1ccccc12. The highest BCUT2D eigenvalue weighted by molar-refractivity contribution is 6.16. The second-order valence-corrected chi connectivity index (χ2v) is 9.42. The van der Waals surface area contributed by atoms with Gasteiger partial charge in [-0.1, -0.05) is 54.1 Å². The van der Waals surface area contributed by atoms with Crippen LogP contribution in [0.5, 0.6) is 5.75 Å². The second kappa shape index (κ2) is 9.36. The Morgan fingerprint density at radius 3 is 2.34 bits per heavy atom. The van der Waals surface area contributed by atoms with Crippen molar-refractivity contribution >= 4 is 27.7 Å². The maximum atomic E-state index is 13.2. The van der Waals surface area contributed by atoms with E-state index in [1.807, 2.05) is 24.3 Å². The van der Waals surface area contributed by atoms with E-state index in [-0.39, 0.29) is 18.4 Å². The summed E-state index contributed by atoms with van der Waals surface area (Å²) >= 11 is 0. The van der Waals surface area contributed by atoms with Crippen LogP contribution in [0.2, 0.25) is 0 Å². The molecule has 5 rings (SSSR count). The van der Waals surface area contributed by atoms with Crippen LogP contribution in [0.3, 0.4) is 0 Å². The summed E-state index contributed by atoms with van der Waals surface area (Å²) in [5.41, 5.74) is 3.95. The lowest BCUT2D eigenvalue weighted by Gasteiger charge is -2.39. The van der Waals surface area contributed by atoms with E-state index in [0.717, 1.165) is 37.1 Å². The van der Waals surface area contributed by atoms with Crippen molar-refractivity contribution < 1.29 is 19.1 Å². The summed E-state index contributed by atoms with van der Waals surface area (Å²) in [7, 11) is 2.13. The van der Waals surface area contributed by atoms with Gasteiger partial charge in [-0.2, -0.15) is 0 Å². The third-order valence-corrected chi connectivity index (χ3v) is 7.08. The highest BCUT2D eigenvalue weighted by Crippen LogP contribution is 2.47. The van der Waals surface area contributed by atoms with E-state index in [2.05, 4.69) is 48.0 Å². The molecule has 3 aromatic carbocycles. The average Bonchev–Trinajstić information content (AvgIpc) is 3.20. The van der Waals surface area contributed by atoms with Crippen LogP contribution in [0.1, 0.15) is 45.8 Å². The van der Waals surface area contributed by atoms with Crippen LogP contribution in [-0.2, 0) is 4.74 Å². The molecule has 35 heavy (non-hydrogen) atoms. The summed E-state index contributed by atoms with van der Waals surface area (Å²) in [6.07, 6.45) is 0. The van der Waals surface area contributed by atoms with E-state index < -0.39 is 5.97 Å². The summed E-state index contributed by atoms with van der Waals surface area (Å²) in [6.45, 7) is 9.45. The molecule has 1 unspecified atom stereocenters. The molecular weight excluding hydrogens is 440 g/mol. The van der Waals surface area contributed by atoms with Crippen LogP contribution in [0.15, 0.2) is 52.9 Å². The Balaban J connectivity index is 1.87. The van der Waals surface area contributed by atoms with E-state index >= 15 is 0 Å². The van der Waals surface area contributed by atoms with E-state index in [4.69, 9.17) is 9.15 Å². The van der Waals surface area contributed by atoms with Gasteiger partial charge in [0.05, 0.1) is 12.6 Å². The number of carbonyl (C=O) groups excluding carboxylic acids is 1. The standard InChI is InChI=1S/C29H32N2O4/c1-5-34-29(33)23-19(3)35-28-22-9-7-6-8-21(22)27(32)25(24(23)28)26(20-12-10-18(2)11-13-20)31-16-14-30(4)15-17-31/h6-13,26,32H,5,14-17H2,1-4H3. The Hall–Kier alpha value is -3.35. The number of hydrogen-bond donors (Lipinski definition) is 1. The summed E-state index contributed by atoms with van der Waals surface area (Å²) in [5.74, 6) is 0.251. The zero-order valence-corrected chi connectivity index (χ0v) is 20.8. The molecule has 1 fully saturated rings. The Morgan fingerprint density at radius 2 is 1.69 bits per heavy atom. The number of carbonyl (C=O) groups is 1. The van der Waals surface area contributed by atoms with Gasteiger partial charge in [0.15, 0.2) is 0 Å². The average molecular weight is 473 g/mol. The minimum Gasteiger partial charge on any atom is -0.507 e. The van der Waals surface area contributed by atoms with E-state index in [0.29, 0.717) is 33.2 Å². The van der Waals surface area contributed by atoms with Gasteiger partial charge in [0.1, 0.15) is 22.7 Å². The third kappa shape index (κ3) is 4.07. The summed E-state index contributed by atoms with van der Waals surface area (Å²) in [5, 5.41) is 14.0. The Labute approximate surface area is 205 Å². The lowest BCUT2D eigenvalue weighted by Crippen LogP contribution is -2.46. The molecule has 1 aliphatic heterocycles. The van der Waals surface area contributed by atoms with E-state index in [1.165, 1.54) is 5.56 Å². The highest BCUT2D eigenvalue weighted by Gasteiger charge is 2.34. The molecule has 182 valence electrons. The molecule has 0 saturated carbocycles. The molecular formula is C29H32N2O4. The van der Waals surface area contributed by atoms with Gasteiger partial charge < -0.3 is 19.2 Å². The second-order valence-electron chi connectivity index (χ2n) is 9.42. The smallest absolute Gasteiger partial charge is 0.342 e. The molecule has 1 atom stereocenters. The fraction of sp³-hybridized carbons (Fsp3) is 0.345. The van der Waals surface area contributed by atoms with Crippen molar-refractivity contribution in [2.45, 2.75) is 26.8 Å². The van der Waals surface area contributed by atoms with E-state index in [9.17, 15) is 9.90 Å². The topological polar surface area (TPSA) is 66.2 Å². The van der Waals surface area contributed by atoms with Gasteiger partial charge in [-0.05, 0) is 33.4 Å². The first kappa shape index (κ1) is 23.4. The molecule has 0 bridgehead atoms. The number of nitrogens with zero attached hydrogens (tertiary/aromatic N) is 2. The Morgan fingerprint density at radius 1 is 1.03 bits per heavy atom. The van der Waals surface area contributed by atoms with Gasteiger partial charge in [0.2, 0.25) is 0 Å². The number of piperazine rings is 1. The minimum absolute atomic E-state index is 0.184. The molecule has 0 spiro atoms. The van der Waals surface area contributed by atoms with Crippen LogP contribution in [0, 0.1) is 13.8 Å². The monoisotopic (exact) mass is 472 g/mol. The fourth-order valence-electron chi connectivity index (χ4n) is 5.25. The van der Waals surface area contributed by atoms with Gasteiger partial charge in [-0.15, -0.1) is 0 Å². The van der Waals surface area contributed by atoms with Crippen LogP contribution in [0.25, 0.3) is 21.7 Å². The molecule has 2 heterocycles. The van der Waals surface area contributed by atoms with Crippen molar-refractivity contribution in [3.63, 3.8) is 0 Å². The number of phenols is 1. The molecule has 0 amide bonds. The molecule has 1 aliphatic rings. The van der Waals surface area contributed by atoms with Crippen molar-refractivity contribution in [1.29, 1.82) is 0 Å². The van der Waals surface area contributed by atoms with Crippen molar-refractivity contribution in [2.75, 3.05) is 39.8 Å². The maximum absolute atomic E-state index is 13.2.